The Balaban J connectivity index is 1.89. The molecular formula is C32H45N3O5. The Hall–Kier alpha value is -2.97. The second kappa shape index (κ2) is 11.1. The van der Waals surface area contributed by atoms with Crippen LogP contribution in [0.4, 0.5) is 5.69 Å². The average molecular weight is 552 g/mol. The van der Waals surface area contributed by atoms with Gasteiger partial charge in [0.1, 0.15) is 11.6 Å². The minimum Gasteiger partial charge on any atom is -0.394 e. The van der Waals surface area contributed by atoms with Gasteiger partial charge >= 0.3 is 0 Å². The molecule has 3 saturated heterocycles. The van der Waals surface area contributed by atoms with E-state index in [2.05, 4.69) is 13.2 Å². The number of amides is 3. The minimum atomic E-state index is -1.17. The molecule has 0 aliphatic carbocycles. The maximum atomic E-state index is 14.9. The molecule has 8 nitrogen and oxygen atoms in total. The number of carbonyl (C=O) groups is 3. The number of nitrogens with zero attached hydrogens (tertiary/aromatic N) is 3. The first-order valence-corrected chi connectivity index (χ1v) is 14.4. The van der Waals surface area contributed by atoms with Crippen LogP contribution in [0.3, 0.4) is 0 Å². The quantitative estimate of drug-likeness (QED) is 0.424. The van der Waals surface area contributed by atoms with Gasteiger partial charge in [-0.05, 0) is 57.1 Å². The number of para-hydroxylation sites is 1. The molecule has 3 aliphatic heterocycles. The first-order valence-electron chi connectivity index (χ1n) is 14.4. The highest BCUT2D eigenvalue weighted by Crippen LogP contribution is 2.64. The highest BCUT2D eigenvalue weighted by atomic mass is 16.5. The van der Waals surface area contributed by atoms with Crippen molar-refractivity contribution in [3.05, 3.63) is 54.6 Å². The highest BCUT2D eigenvalue weighted by molar-refractivity contribution is 6.06. The molecule has 4 rings (SSSR count). The van der Waals surface area contributed by atoms with Crippen molar-refractivity contribution in [1.29, 1.82) is 0 Å². The van der Waals surface area contributed by atoms with E-state index in [9.17, 15) is 19.5 Å². The van der Waals surface area contributed by atoms with Crippen LogP contribution in [0.5, 0.6) is 0 Å². The molecule has 1 aromatic rings. The Morgan fingerprint density at radius 3 is 2.33 bits per heavy atom. The molecule has 3 amide bonds. The monoisotopic (exact) mass is 551 g/mol. The van der Waals surface area contributed by atoms with Crippen LogP contribution < -0.4 is 4.90 Å². The fourth-order valence-corrected chi connectivity index (χ4v) is 7.55. The fraction of sp³-hybridized carbons (Fsp3) is 0.594. The lowest BCUT2D eigenvalue weighted by Crippen LogP contribution is -2.59. The molecule has 1 N–H and O–H groups in total. The van der Waals surface area contributed by atoms with Crippen molar-refractivity contribution in [1.82, 2.24) is 9.80 Å². The molecule has 8 heteroatoms. The summed E-state index contributed by atoms with van der Waals surface area (Å²) in [5.74, 6) is -2.11. The number of benzene rings is 1. The van der Waals surface area contributed by atoms with Crippen molar-refractivity contribution < 1.29 is 24.2 Å². The molecule has 3 heterocycles. The standard InChI is InChI=1S/C32H45N3O5/c1-9-16-33(8)28(37)24-25-29(38)35(23(19-36)18-20(3)4)27(32(25)15-14-31(24,7)40-32)30(39)34(17-10-2)26-21(5)12-11-13-22(26)6/h9-13,20,23-25,27,36H,1-2,14-19H2,3-8H3/t23-,24-,25+,27?,31+,32?/m1/s1. The van der Waals surface area contributed by atoms with Gasteiger partial charge in [-0.15, -0.1) is 13.2 Å². The van der Waals surface area contributed by atoms with Gasteiger partial charge in [0.25, 0.3) is 5.91 Å². The number of anilines is 1. The topological polar surface area (TPSA) is 90.4 Å². The molecule has 0 saturated carbocycles. The zero-order valence-electron chi connectivity index (χ0n) is 24.9. The molecule has 218 valence electrons. The minimum absolute atomic E-state index is 0.174. The van der Waals surface area contributed by atoms with E-state index in [4.69, 9.17) is 4.74 Å². The Kier molecular flexibility index (Phi) is 8.35. The van der Waals surface area contributed by atoms with E-state index in [1.807, 2.05) is 52.8 Å². The molecule has 6 atom stereocenters. The Morgan fingerprint density at radius 1 is 1.15 bits per heavy atom. The zero-order chi connectivity index (χ0) is 29.6. The third kappa shape index (κ3) is 4.59. The third-order valence-corrected chi connectivity index (χ3v) is 9.13. The lowest BCUT2D eigenvalue weighted by molar-refractivity contribution is -0.151. The first kappa shape index (κ1) is 30.0. The molecule has 0 aromatic heterocycles. The van der Waals surface area contributed by atoms with E-state index >= 15 is 0 Å². The van der Waals surface area contributed by atoms with Gasteiger partial charge in [0, 0.05) is 25.8 Å². The smallest absolute Gasteiger partial charge is 0.253 e. The number of rotatable bonds is 11. The number of likely N-dealkylation sites (tertiary alicyclic amines) is 1. The second-order valence-corrected chi connectivity index (χ2v) is 12.4. The van der Waals surface area contributed by atoms with Crippen molar-refractivity contribution in [2.45, 2.75) is 77.2 Å². The Labute approximate surface area is 238 Å². The molecule has 2 unspecified atom stereocenters. The lowest BCUT2D eigenvalue weighted by atomic mass is 9.66. The Morgan fingerprint density at radius 2 is 1.77 bits per heavy atom. The molecule has 0 radical (unpaired) electrons. The summed E-state index contributed by atoms with van der Waals surface area (Å²) in [5, 5.41) is 10.6. The predicted octanol–water partition coefficient (Wildman–Crippen LogP) is 3.64. The summed E-state index contributed by atoms with van der Waals surface area (Å²) in [6.07, 6.45) is 4.90. The molecular weight excluding hydrogens is 506 g/mol. The second-order valence-electron chi connectivity index (χ2n) is 12.4. The average Bonchev–Trinajstić information content (AvgIpc) is 3.46. The number of fused-ring (bicyclic) bond motifs is 1. The molecule has 1 spiro atoms. The number of hydrogen-bond acceptors (Lipinski definition) is 5. The maximum Gasteiger partial charge on any atom is 0.253 e. The number of hydrogen-bond donors (Lipinski definition) is 1. The van der Waals surface area contributed by atoms with Gasteiger partial charge in [0.15, 0.2) is 0 Å². The van der Waals surface area contributed by atoms with E-state index in [1.54, 1.807) is 33.9 Å². The van der Waals surface area contributed by atoms with E-state index in [1.165, 1.54) is 0 Å². The number of ether oxygens (including phenoxy) is 1. The van der Waals surface area contributed by atoms with Crippen molar-refractivity contribution in [3.63, 3.8) is 0 Å². The molecule has 40 heavy (non-hydrogen) atoms. The molecule has 2 bridgehead atoms. The van der Waals surface area contributed by atoms with Crippen molar-refractivity contribution in [3.8, 4) is 0 Å². The summed E-state index contributed by atoms with van der Waals surface area (Å²) >= 11 is 0. The predicted molar refractivity (Wildman–Crippen MR) is 156 cm³/mol. The van der Waals surface area contributed by atoms with Crippen LogP contribution in [0.2, 0.25) is 0 Å². The van der Waals surface area contributed by atoms with Crippen LogP contribution in [0.25, 0.3) is 0 Å². The van der Waals surface area contributed by atoms with Crippen molar-refractivity contribution in [2.24, 2.45) is 17.8 Å². The summed E-state index contributed by atoms with van der Waals surface area (Å²) in [6, 6.07) is 4.31. The maximum absolute atomic E-state index is 14.9. The zero-order valence-corrected chi connectivity index (χ0v) is 24.9. The lowest BCUT2D eigenvalue weighted by Gasteiger charge is -2.40. The van der Waals surface area contributed by atoms with E-state index in [-0.39, 0.29) is 36.8 Å². The van der Waals surface area contributed by atoms with Gasteiger partial charge in [0.05, 0.1) is 30.1 Å². The van der Waals surface area contributed by atoms with Gasteiger partial charge in [-0.25, -0.2) is 0 Å². The van der Waals surface area contributed by atoms with Crippen LogP contribution in [-0.2, 0) is 19.1 Å². The number of aliphatic hydroxyl groups is 1. The highest BCUT2D eigenvalue weighted by Gasteiger charge is 2.78. The van der Waals surface area contributed by atoms with E-state index in [0.29, 0.717) is 25.8 Å². The normalized spacial score (nSPS) is 29.4. The molecule has 3 fully saturated rings. The van der Waals surface area contributed by atoms with Crippen LogP contribution in [-0.4, -0.2) is 82.7 Å². The molecule has 3 aliphatic rings. The summed E-state index contributed by atoms with van der Waals surface area (Å²) in [6.45, 7) is 17.9. The van der Waals surface area contributed by atoms with E-state index in [0.717, 1.165) is 16.8 Å². The van der Waals surface area contributed by atoms with Gasteiger partial charge in [-0.2, -0.15) is 0 Å². The van der Waals surface area contributed by atoms with Crippen molar-refractivity contribution >= 4 is 23.4 Å². The number of aryl methyl sites for hydroxylation is 2. The largest absolute Gasteiger partial charge is 0.394 e. The van der Waals surface area contributed by atoms with Crippen LogP contribution in [0.1, 0.15) is 51.2 Å². The van der Waals surface area contributed by atoms with E-state index < -0.39 is 35.1 Å². The summed E-state index contributed by atoms with van der Waals surface area (Å²) in [4.78, 5) is 48.1. The van der Waals surface area contributed by atoms with Gasteiger partial charge in [0.2, 0.25) is 11.8 Å². The van der Waals surface area contributed by atoms with Gasteiger partial charge in [-0.1, -0.05) is 44.2 Å². The molecule has 1 aromatic carbocycles. The summed E-state index contributed by atoms with van der Waals surface area (Å²) < 4.78 is 6.80. The van der Waals surface area contributed by atoms with Gasteiger partial charge in [-0.3, -0.25) is 14.4 Å². The SMILES string of the molecule is C=CCN(C)C(=O)[C@H]1[C@H]2C(=O)N([C@@H](CO)CC(C)C)C(C(=O)N(CC=C)c3c(C)cccc3C)C23CC[C@]1(C)O3. The van der Waals surface area contributed by atoms with Crippen LogP contribution in [0.15, 0.2) is 43.5 Å². The summed E-state index contributed by atoms with van der Waals surface area (Å²) in [7, 11) is 1.70. The first-order chi connectivity index (χ1) is 18.9. The summed E-state index contributed by atoms with van der Waals surface area (Å²) in [5.41, 5.74) is 0.610. The number of carbonyl (C=O) groups excluding carboxylic acids is 3. The van der Waals surface area contributed by atoms with Crippen LogP contribution >= 0.6 is 0 Å². The fourth-order valence-electron chi connectivity index (χ4n) is 7.55. The Bertz CT molecular complexity index is 1180. The number of likely N-dealkylation sites (N-methyl/N-ethyl adjacent to an activating group) is 1. The van der Waals surface area contributed by atoms with Crippen LogP contribution in [0, 0.1) is 31.6 Å². The third-order valence-electron chi connectivity index (χ3n) is 9.13. The number of aliphatic hydroxyl groups excluding tert-OH is 1. The van der Waals surface area contributed by atoms with Gasteiger partial charge < -0.3 is 24.5 Å². The van der Waals surface area contributed by atoms with Crippen molar-refractivity contribution in [2.75, 3.05) is 31.6 Å².